The van der Waals surface area contributed by atoms with Crippen LogP contribution in [0.15, 0.2) is 16.8 Å². The average Bonchev–Trinajstić information content (AvgIpc) is 3.21. The van der Waals surface area contributed by atoms with Gasteiger partial charge in [0.1, 0.15) is 17.7 Å². The van der Waals surface area contributed by atoms with Crippen molar-refractivity contribution in [2.75, 3.05) is 6.61 Å². The van der Waals surface area contributed by atoms with Crippen molar-refractivity contribution in [3.05, 3.63) is 11.6 Å². The number of carbonyl (C=O) groups excluding carboxylic acids is 2. The van der Waals surface area contributed by atoms with E-state index < -0.39 is 60.4 Å². The van der Waals surface area contributed by atoms with E-state index in [1.807, 2.05) is 0 Å². The molecule has 11 heteroatoms. The van der Waals surface area contributed by atoms with E-state index in [0.29, 0.717) is 30.6 Å². The maximum atomic E-state index is 12.6. The fourth-order valence-corrected chi connectivity index (χ4v) is 8.46. The summed E-state index contributed by atoms with van der Waals surface area (Å²) in [7, 11) is 0. The summed E-state index contributed by atoms with van der Waals surface area (Å²) in [5, 5.41) is 38.3. The van der Waals surface area contributed by atoms with E-state index in [4.69, 9.17) is 16.4 Å². The van der Waals surface area contributed by atoms with Gasteiger partial charge >= 0.3 is 11.9 Å². The number of hydrogen-bond acceptors (Lipinski definition) is 7. The Morgan fingerprint density at radius 1 is 1.07 bits per heavy atom. The van der Waals surface area contributed by atoms with E-state index in [2.05, 4.69) is 41.6 Å². The number of rotatable bonds is 10. The smallest absolute Gasteiger partial charge is 0.326 e. The number of carbonyl (C=O) groups is 4. The van der Waals surface area contributed by atoms with Crippen molar-refractivity contribution >= 4 is 29.5 Å². The zero-order valence-electron chi connectivity index (χ0n) is 25.5. The molecule has 0 radical (unpaired) electrons. The minimum atomic E-state index is -1.62. The van der Waals surface area contributed by atoms with Gasteiger partial charge in [-0.05, 0) is 86.5 Å². The fraction of sp³-hybridized carbons (Fsp3) is 0.719. The number of fused-ring (bicyclic) bond motifs is 5. The van der Waals surface area contributed by atoms with Gasteiger partial charge in [0.15, 0.2) is 6.61 Å². The van der Waals surface area contributed by atoms with Crippen LogP contribution in [-0.2, 0) is 24.0 Å². The Balaban J connectivity index is 1.35. The molecule has 4 aliphatic rings. The third-order valence-corrected chi connectivity index (χ3v) is 11.0. The van der Waals surface area contributed by atoms with Crippen LogP contribution in [0.5, 0.6) is 0 Å². The second kappa shape index (κ2) is 12.3. The highest BCUT2D eigenvalue weighted by atomic mass is 16.6. The Bertz CT molecular complexity index is 1250. The molecule has 43 heavy (non-hydrogen) atoms. The predicted octanol–water partition coefficient (Wildman–Crippen LogP) is 2.87. The van der Waals surface area contributed by atoms with Gasteiger partial charge in [-0.3, -0.25) is 14.4 Å². The van der Waals surface area contributed by atoms with E-state index in [0.717, 1.165) is 44.2 Å². The van der Waals surface area contributed by atoms with Crippen LogP contribution in [0, 0.1) is 46.8 Å². The molecular formula is C32H45N3O8. The van der Waals surface area contributed by atoms with E-state index in [1.54, 1.807) is 13.8 Å². The highest BCUT2D eigenvalue weighted by molar-refractivity contribution is 5.96. The number of terminal acetylenes is 1. The Kier molecular flexibility index (Phi) is 9.31. The van der Waals surface area contributed by atoms with Gasteiger partial charge in [-0.15, -0.1) is 6.42 Å². The molecule has 0 heterocycles. The van der Waals surface area contributed by atoms with Gasteiger partial charge < -0.3 is 30.8 Å². The molecule has 4 rings (SSSR count). The van der Waals surface area contributed by atoms with Gasteiger partial charge in [0.2, 0.25) is 5.91 Å². The van der Waals surface area contributed by atoms with Crippen molar-refractivity contribution in [3.63, 3.8) is 0 Å². The molecule has 0 aromatic heterocycles. The number of oxime groups is 1. The lowest BCUT2D eigenvalue weighted by Crippen LogP contribution is -2.54. The van der Waals surface area contributed by atoms with Crippen molar-refractivity contribution in [1.29, 1.82) is 0 Å². The van der Waals surface area contributed by atoms with Crippen LogP contribution in [0.4, 0.5) is 0 Å². The first-order valence-electron chi connectivity index (χ1n) is 15.3. The fourth-order valence-electron chi connectivity index (χ4n) is 8.46. The third-order valence-electron chi connectivity index (χ3n) is 11.0. The quantitative estimate of drug-likeness (QED) is 0.188. The molecule has 3 saturated carbocycles. The van der Waals surface area contributed by atoms with Crippen LogP contribution in [-0.4, -0.2) is 69.1 Å². The first-order valence-corrected chi connectivity index (χ1v) is 15.3. The summed E-state index contributed by atoms with van der Waals surface area (Å²) < 4.78 is 0. The maximum Gasteiger partial charge on any atom is 0.326 e. The number of carboxylic acids is 2. The SMILES string of the molecule is C#C[C@@]1(O)CC[C@H]2[C@@H]3CCC4=C/C(=N\OCC(=O)N[C@H](C(=O)N[C@@H](CC(=O)O)C(=O)O)C(C)C)CC[C@]4(C)[C@H]3CC[C@@]21C. The van der Waals surface area contributed by atoms with Crippen LogP contribution in [0.1, 0.15) is 85.5 Å². The number of amides is 2. The van der Waals surface area contributed by atoms with E-state index in [9.17, 15) is 29.4 Å². The van der Waals surface area contributed by atoms with Gasteiger partial charge in [0.25, 0.3) is 5.91 Å². The number of aliphatic carboxylic acids is 2. The van der Waals surface area contributed by atoms with Crippen LogP contribution in [0.2, 0.25) is 0 Å². The largest absolute Gasteiger partial charge is 0.481 e. The molecule has 0 aromatic rings. The number of aliphatic hydroxyl groups is 1. The highest BCUT2D eigenvalue weighted by Crippen LogP contribution is 2.67. The van der Waals surface area contributed by atoms with E-state index in [-0.39, 0.29) is 10.8 Å². The molecule has 0 saturated heterocycles. The van der Waals surface area contributed by atoms with Crippen LogP contribution >= 0.6 is 0 Å². The monoisotopic (exact) mass is 599 g/mol. The number of allylic oxidation sites excluding steroid dienone is 2. The molecule has 3 fully saturated rings. The summed E-state index contributed by atoms with van der Waals surface area (Å²) in [5.74, 6) is -0.430. The van der Waals surface area contributed by atoms with E-state index in [1.165, 1.54) is 5.57 Å². The van der Waals surface area contributed by atoms with Gasteiger partial charge in [-0.25, -0.2) is 4.79 Å². The lowest BCUT2D eigenvalue weighted by Gasteiger charge is -2.58. The van der Waals surface area contributed by atoms with Crippen molar-refractivity contribution in [2.24, 2.45) is 39.7 Å². The summed E-state index contributed by atoms with van der Waals surface area (Å²) in [6.45, 7) is 7.46. The Labute approximate surface area is 252 Å². The first-order chi connectivity index (χ1) is 20.1. The maximum absolute atomic E-state index is 12.6. The number of nitrogens with one attached hydrogen (secondary N) is 2. The van der Waals surface area contributed by atoms with Crippen LogP contribution in [0.3, 0.4) is 0 Å². The molecule has 0 bridgehead atoms. The molecule has 5 N–H and O–H groups in total. The van der Waals surface area contributed by atoms with Crippen molar-refractivity contribution < 1.29 is 39.3 Å². The Hall–Kier alpha value is -3.39. The number of carboxylic acid groups (broad SMARTS) is 2. The average molecular weight is 600 g/mol. The van der Waals surface area contributed by atoms with Crippen molar-refractivity contribution in [1.82, 2.24) is 10.6 Å². The molecule has 8 atom stereocenters. The molecular weight excluding hydrogens is 554 g/mol. The lowest BCUT2D eigenvalue weighted by molar-refractivity contribution is -0.147. The van der Waals surface area contributed by atoms with Crippen molar-refractivity contribution in [3.8, 4) is 12.3 Å². The molecule has 0 aliphatic heterocycles. The highest BCUT2D eigenvalue weighted by Gasteiger charge is 2.63. The van der Waals surface area contributed by atoms with Gasteiger partial charge in [-0.2, -0.15) is 0 Å². The molecule has 11 nitrogen and oxygen atoms in total. The molecule has 4 aliphatic carbocycles. The number of nitrogens with zero attached hydrogens (tertiary/aromatic N) is 1. The third kappa shape index (κ3) is 6.17. The Morgan fingerprint density at radius 2 is 1.77 bits per heavy atom. The first kappa shape index (κ1) is 32.5. The zero-order valence-corrected chi connectivity index (χ0v) is 25.5. The minimum absolute atomic E-state index is 0.0454. The summed E-state index contributed by atoms with van der Waals surface area (Å²) >= 11 is 0. The topological polar surface area (TPSA) is 175 Å². The second-order valence-corrected chi connectivity index (χ2v) is 13.6. The number of hydrogen-bond donors (Lipinski definition) is 5. The zero-order chi connectivity index (χ0) is 31.7. The normalized spacial score (nSPS) is 35.3. The summed E-state index contributed by atoms with van der Waals surface area (Å²) in [6.07, 6.45) is 14.4. The second-order valence-electron chi connectivity index (χ2n) is 13.6. The van der Waals surface area contributed by atoms with Gasteiger partial charge in [-0.1, -0.05) is 44.3 Å². The van der Waals surface area contributed by atoms with Crippen LogP contribution in [0.25, 0.3) is 0 Å². The van der Waals surface area contributed by atoms with E-state index >= 15 is 0 Å². The van der Waals surface area contributed by atoms with Crippen molar-refractivity contribution in [2.45, 2.75) is 103 Å². The minimum Gasteiger partial charge on any atom is -0.481 e. The standard InChI is InChI=1S/C32H45N3O8/c1-6-32(42)14-11-23-21-8-7-19-15-20(9-12-30(19,4)22(21)10-13-31(23,32)5)35-43-17-25(36)34-27(18(2)3)28(39)33-24(29(40)41)16-26(37)38/h1,15,18,21-24,27,42H,7-14,16-17H2,2-5H3,(H,33,39)(H,34,36)(H,37,38)(H,40,41)/b35-20-/t21-,22+,23+,24+,27+,30+,31+,32-/m1/s1. The lowest BCUT2D eigenvalue weighted by atomic mass is 9.46. The predicted molar refractivity (Wildman–Crippen MR) is 157 cm³/mol. The molecule has 2 amide bonds. The molecule has 0 unspecified atom stereocenters. The molecule has 0 aromatic carbocycles. The molecule has 236 valence electrons. The Morgan fingerprint density at radius 3 is 2.40 bits per heavy atom. The summed E-state index contributed by atoms with van der Waals surface area (Å²) in [6, 6.07) is -2.70. The van der Waals surface area contributed by atoms with Crippen LogP contribution < -0.4 is 10.6 Å². The summed E-state index contributed by atoms with van der Waals surface area (Å²) in [5.41, 5.74) is 0.909. The van der Waals surface area contributed by atoms with Gasteiger partial charge in [0.05, 0.1) is 12.1 Å². The van der Waals surface area contributed by atoms with Gasteiger partial charge in [0, 0.05) is 5.41 Å². The molecule has 0 spiro atoms. The summed E-state index contributed by atoms with van der Waals surface area (Å²) in [4.78, 5) is 52.9.